The zero-order valence-corrected chi connectivity index (χ0v) is 13.0. The Balaban J connectivity index is 3.58. The highest BCUT2D eigenvalue weighted by Crippen LogP contribution is 2.40. The minimum Gasteiger partial charge on any atom is -0.512 e. The standard InChI is InChI=1S/C15H25BO3/c1-10-8-11(14(2,3)4)13(19-16(17)18)12(9-10)15(5,6)7/h8-9,17-18H,1-7H3. The molecule has 0 aliphatic rings. The van der Waals surface area contributed by atoms with Gasteiger partial charge in [-0.2, -0.15) is 0 Å². The summed E-state index contributed by atoms with van der Waals surface area (Å²) in [4.78, 5) is 0. The number of hydrogen-bond donors (Lipinski definition) is 2. The van der Waals surface area contributed by atoms with Crippen LogP contribution in [0.3, 0.4) is 0 Å². The lowest BCUT2D eigenvalue weighted by Crippen LogP contribution is -2.27. The molecule has 4 heteroatoms. The quantitative estimate of drug-likeness (QED) is 0.807. The molecule has 1 rings (SSSR count). The molecule has 0 atom stereocenters. The highest BCUT2D eigenvalue weighted by atomic mass is 16.6. The molecule has 0 radical (unpaired) electrons. The summed E-state index contributed by atoms with van der Waals surface area (Å²) in [5.41, 5.74) is 2.87. The Morgan fingerprint density at radius 3 is 1.53 bits per heavy atom. The van der Waals surface area contributed by atoms with E-state index in [9.17, 15) is 10.0 Å². The minimum absolute atomic E-state index is 0.129. The van der Waals surface area contributed by atoms with Gasteiger partial charge in [-0.1, -0.05) is 59.2 Å². The van der Waals surface area contributed by atoms with Gasteiger partial charge in [-0.15, -0.1) is 0 Å². The van der Waals surface area contributed by atoms with Gasteiger partial charge >= 0.3 is 7.32 Å². The molecule has 19 heavy (non-hydrogen) atoms. The van der Waals surface area contributed by atoms with Gasteiger partial charge in [0.25, 0.3) is 0 Å². The first kappa shape index (κ1) is 16.1. The number of benzene rings is 1. The van der Waals surface area contributed by atoms with E-state index < -0.39 is 7.32 Å². The summed E-state index contributed by atoms with van der Waals surface area (Å²) in [5, 5.41) is 18.4. The van der Waals surface area contributed by atoms with E-state index in [-0.39, 0.29) is 10.8 Å². The average molecular weight is 264 g/mol. The number of aryl methyl sites for hydroxylation is 1. The maximum Gasteiger partial charge on any atom is 0.707 e. The molecule has 0 bridgehead atoms. The van der Waals surface area contributed by atoms with Crippen LogP contribution in [0.5, 0.6) is 5.75 Å². The van der Waals surface area contributed by atoms with E-state index in [0.717, 1.165) is 16.7 Å². The number of rotatable bonds is 2. The molecule has 106 valence electrons. The van der Waals surface area contributed by atoms with Crippen molar-refractivity contribution in [1.29, 1.82) is 0 Å². The molecule has 1 aromatic carbocycles. The van der Waals surface area contributed by atoms with Gasteiger partial charge in [-0.25, -0.2) is 0 Å². The third-order valence-electron chi connectivity index (χ3n) is 3.07. The summed E-state index contributed by atoms with van der Waals surface area (Å²) in [7, 11) is -1.80. The lowest BCUT2D eigenvalue weighted by molar-refractivity contribution is 0.281. The Kier molecular flexibility index (Phi) is 4.38. The van der Waals surface area contributed by atoms with Crippen molar-refractivity contribution < 1.29 is 14.7 Å². The summed E-state index contributed by atoms with van der Waals surface area (Å²) in [5.74, 6) is 0.584. The Hall–Kier alpha value is -0.995. The summed E-state index contributed by atoms with van der Waals surface area (Å²) in [6, 6.07) is 4.10. The molecule has 0 aliphatic carbocycles. The molecular weight excluding hydrogens is 239 g/mol. The van der Waals surface area contributed by atoms with Crippen molar-refractivity contribution in [2.45, 2.75) is 59.3 Å². The smallest absolute Gasteiger partial charge is 0.512 e. The van der Waals surface area contributed by atoms with Crippen molar-refractivity contribution in [3.05, 3.63) is 28.8 Å². The Morgan fingerprint density at radius 1 is 0.895 bits per heavy atom. The van der Waals surface area contributed by atoms with E-state index in [1.807, 2.05) is 19.1 Å². The third-order valence-corrected chi connectivity index (χ3v) is 3.07. The van der Waals surface area contributed by atoms with E-state index in [4.69, 9.17) is 4.65 Å². The van der Waals surface area contributed by atoms with E-state index in [1.165, 1.54) is 0 Å². The molecule has 1 aromatic rings. The predicted octanol–water partition coefficient (Wildman–Crippen LogP) is 2.94. The van der Waals surface area contributed by atoms with Crippen molar-refractivity contribution >= 4 is 7.32 Å². The number of hydrogen-bond acceptors (Lipinski definition) is 3. The fourth-order valence-corrected chi connectivity index (χ4v) is 2.12. The van der Waals surface area contributed by atoms with Crippen molar-refractivity contribution in [2.24, 2.45) is 0 Å². The molecule has 0 saturated carbocycles. The van der Waals surface area contributed by atoms with E-state index in [0.29, 0.717) is 5.75 Å². The molecule has 0 unspecified atom stereocenters. The molecule has 0 heterocycles. The van der Waals surface area contributed by atoms with Gasteiger partial charge in [0.15, 0.2) is 0 Å². The molecule has 0 amide bonds. The Bertz CT molecular complexity index is 418. The van der Waals surface area contributed by atoms with Crippen molar-refractivity contribution in [2.75, 3.05) is 0 Å². The van der Waals surface area contributed by atoms with Crippen molar-refractivity contribution in [3.8, 4) is 5.75 Å². The highest BCUT2D eigenvalue weighted by molar-refractivity contribution is 6.33. The summed E-state index contributed by atoms with van der Waals surface area (Å²) in [6.45, 7) is 14.6. The molecule has 2 N–H and O–H groups in total. The zero-order valence-electron chi connectivity index (χ0n) is 13.0. The van der Waals surface area contributed by atoms with Crippen molar-refractivity contribution in [3.63, 3.8) is 0 Å². The van der Waals surface area contributed by atoms with Gasteiger partial charge in [0.05, 0.1) is 0 Å². The van der Waals surface area contributed by atoms with E-state index in [1.54, 1.807) is 0 Å². The van der Waals surface area contributed by atoms with Gasteiger partial charge in [0, 0.05) is 0 Å². The monoisotopic (exact) mass is 264 g/mol. The maximum atomic E-state index is 9.19. The molecule has 0 saturated heterocycles. The fraction of sp³-hybridized carbons (Fsp3) is 0.600. The van der Waals surface area contributed by atoms with Gasteiger partial charge in [-0.3, -0.25) is 0 Å². The van der Waals surface area contributed by atoms with Crippen LogP contribution in [0.25, 0.3) is 0 Å². The average Bonchev–Trinajstić information content (AvgIpc) is 2.16. The first-order chi connectivity index (χ1) is 8.43. The molecule has 0 spiro atoms. The lowest BCUT2D eigenvalue weighted by atomic mass is 9.78. The van der Waals surface area contributed by atoms with Crippen LogP contribution >= 0.6 is 0 Å². The van der Waals surface area contributed by atoms with Crippen LogP contribution in [0.4, 0.5) is 0 Å². The van der Waals surface area contributed by atoms with E-state index >= 15 is 0 Å². The second-order valence-corrected chi connectivity index (χ2v) is 7.13. The van der Waals surface area contributed by atoms with Crippen molar-refractivity contribution in [1.82, 2.24) is 0 Å². The van der Waals surface area contributed by atoms with Crippen LogP contribution in [-0.4, -0.2) is 17.4 Å². The molecule has 3 nitrogen and oxygen atoms in total. The fourth-order valence-electron chi connectivity index (χ4n) is 2.12. The molecule has 0 aromatic heterocycles. The Morgan fingerprint density at radius 2 is 1.26 bits per heavy atom. The van der Waals surface area contributed by atoms with Crippen LogP contribution in [-0.2, 0) is 10.8 Å². The molecular formula is C15H25BO3. The normalized spacial score (nSPS) is 12.5. The van der Waals surface area contributed by atoms with Gasteiger partial charge in [0.2, 0.25) is 0 Å². The largest absolute Gasteiger partial charge is 0.707 e. The van der Waals surface area contributed by atoms with Crippen LogP contribution < -0.4 is 4.65 Å². The van der Waals surface area contributed by atoms with Gasteiger partial charge < -0.3 is 14.7 Å². The molecule has 0 fully saturated rings. The topological polar surface area (TPSA) is 49.7 Å². The summed E-state index contributed by atoms with van der Waals surface area (Å²) < 4.78 is 5.30. The lowest BCUT2D eigenvalue weighted by Gasteiger charge is -2.30. The third kappa shape index (κ3) is 3.98. The summed E-state index contributed by atoms with van der Waals surface area (Å²) in [6.07, 6.45) is 0. The van der Waals surface area contributed by atoms with Crippen LogP contribution in [0.1, 0.15) is 58.2 Å². The second kappa shape index (κ2) is 5.18. The van der Waals surface area contributed by atoms with Crippen LogP contribution in [0, 0.1) is 6.92 Å². The SMILES string of the molecule is Cc1cc(C(C)(C)C)c(OB(O)O)c(C(C)(C)C)c1. The van der Waals surface area contributed by atoms with Gasteiger partial charge in [0.1, 0.15) is 5.75 Å². The molecule has 0 aliphatic heterocycles. The maximum absolute atomic E-state index is 9.19. The predicted molar refractivity (Wildman–Crippen MR) is 79.4 cm³/mol. The van der Waals surface area contributed by atoms with E-state index in [2.05, 4.69) is 41.5 Å². The first-order valence-corrected chi connectivity index (χ1v) is 6.61. The second-order valence-electron chi connectivity index (χ2n) is 7.13. The minimum atomic E-state index is -1.80. The highest BCUT2D eigenvalue weighted by Gasteiger charge is 2.29. The Labute approximate surface area is 116 Å². The van der Waals surface area contributed by atoms with Gasteiger partial charge in [-0.05, 0) is 28.9 Å². The zero-order chi connectivity index (χ0) is 15.0. The first-order valence-electron chi connectivity index (χ1n) is 6.61. The summed E-state index contributed by atoms with van der Waals surface area (Å²) >= 11 is 0. The van der Waals surface area contributed by atoms with Crippen LogP contribution in [0.2, 0.25) is 0 Å². The van der Waals surface area contributed by atoms with Crippen LogP contribution in [0.15, 0.2) is 12.1 Å².